The van der Waals surface area contributed by atoms with Crippen molar-refractivity contribution < 1.29 is 15.0 Å². The summed E-state index contributed by atoms with van der Waals surface area (Å²) < 4.78 is 1.46. The van der Waals surface area contributed by atoms with E-state index in [1.807, 2.05) is 30.3 Å². The average molecular weight is 423 g/mol. The van der Waals surface area contributed by atoms with Crippen molar-refractivity contribution in [2.75, 3.05) is 11.9 Å². The SMILES string of the molecule is CN(C(=O)c1ccc(-n2c(O)c3c(c2O)[C@H]2C=C[C@@H]3C2)cc1)c1cccc2cccnc12. The van der Waals surface area contributed by atoms with Gasteiger partial charge < -0.3 is 15.1 Å². The summed E-state index contributed by atoms with van der Waals surface area (Å²) in [7, 11) is 1.73. The number of hydrogen-bond donors (Lipinski definition) is 2. The Labute approximate surface area is 184 Å². The Hall–Kier alpha value is -4.06. The summed E-state index contributed by atoms with van der Waals surface area (Å²) >= 11 is 0. The van der Waals surface area contributed by atoms with Gasteiger partial charge >= 0.3 is 0 Å². The molecule has 4 aromatic rings. The molecule has 2 bridgehead atoms. The number of aromatic hydroxyl groups is 2. The van der Waals surface area contributed by atoms with Gasteiger partial charge in [0.1, 0.15) is 0 Å². The number of carbonyl (C=O) groups is 1. The largest absolute Gasteiger partial charge is 0.494 e. The fourth-order valence-electron chi connectivity index (χ4n) is 5.10. The third kappa shape index (κ3) is 2.52. The second kappa shape index (κ2) is 6.72. The molecule has 2 aliphatic rings. The minimum atomic E-state index is -0.166. The molecule has 0 unspecified atom stereocenters. The third-order valence-electron chi connectivity index (χ3n) is 6.67. The first-order chi connectivity index (χ1) is 15.5. The molecule has 6 nitrogen and oxygen atoms in total. The quantitative estimate of drug-likeness (QED) is 0.462. The maximum atomic E-state index is 13.2. The number of para-hydroxylation sites is 1. The van der Waals surface area contributed by atoms with Crippen molar-refractivity contribution in [1.82, 2.24) is 9.55 Å². The van der Waals surface area contributed by atoms with Crippen molar-refractivity contribution in [1.29, 1.82) is 0 Å². The van der Waals surface area contributed by atoms with Crippen molar-refractivity contribution >= 4 is 22.5 Å². The molecule has 6 rings (SSSR count). The van der Waals surface area contributed by atoms with Crippen LogP contribution in [0.25, 0.3) is 16.6 Å². The Morgan fingerprint density at radius 1 is 0.969 bits per heavy atom. The summed E-state index contributed by atoms with van der Waals surface area (Å²) in [6.45, 7) is 0. The molecule has 32 heavy (non-hydrogen) atoms. The molecule has 0 spiro atoms. The van der Waals surface area contributed by atoms with Crippen LogP contribution in [0.4, 0.5) is 5.69 Å². The maximum Gasteiger partial charge on any atom is 0.258 e. The number of aromatic nitrogens is 2. The molecule has 0 saturated carbocycles. The van der Waals surface area contributed by atoms with E-state index in [1.165, 1.54) is 4.57 Å². The van der Waals surface area contributed by atoms with E-state index in [9.17, 15) is 15.0 Å². The van der Waals surface area contributed by atoms with Gasteiger partial charge in [-0.2, -0.15) is 0 Å². The van der Waals surface area contributed by atoms with Gasteiger partial charge in [-0.3, -0.25) is 14.3 Å². The first-order valence-electron chi connectivity index (χ1n) is 10.6. The van der Waals surface area contributed by atoms with E-state index < -0.39 is 0 Å². The molecule has 0 saturated heterocycles. The summed E-state index contributed by atoms with van der Waals surface area (Å²) in [6.07, 6.45) is 6.82. The predicted octanol–water partition coefficient (Wildman–Crippen LogP) is 4.85. The molecule has 158 valence electrons. The van der Waals surface area contributed by atoms with Gasteiger partial charge in [-0.1, -0.05) is 30.4 Å². The van der Waals surface area contributed by atoms with Crippen LogP contribution in [0.15, 0.2) is 72.9 Å². The van der Waals surface area contributed by atoms with Crippen molar-refractivity contribution in [3.63, 3.8) is 0 Å². The Kier molecular flexibility index (Phi) is 3.92. The molecule has 1 amide bonds. The molecule has 6 heteroatoms. The third-order valence-corrected chi connectivity index (χ3v) is 6.67. The molecule has 0 aliphatic heterocycles. The molecular formula is C26H21N3O3. The van der Waals surface area contributed by atoms with Crippen molar-refractivity contribution in [2.24, 2.45) is 0 Å². The van der Waals surface area contributed by atoms with Gasteiger partial charge in [-0.05, 0) is 42.8 Å². The molecule has 2 aliphatic carbocycles. The fourth-order valence-corrected chi connectivity index (χ4v) is 5.10. The zero-order valence-electron chi connectivity index (χ0n) is 17.4. The average Bonchev–Trinajstić information content (AvgIpc) is 3.51. The Morgan fingerprint density at radius 2 is 1.62 bits per heavy atom. The number of nitrogens with zero attached hydrogens (tertiary/aromatic N) is 3. The molecule has 2 aromatic carbocycles. The number of benzene rings is 2. The number of hydrogen-bond acceptors (Lipinski definition) is 4. The van der Waals surface area contributed by atoms with Gasteiger partial charge in [-0.15, -0.1) is 0 Å². The fraction of sp³-hybridized carbons (Fsp3) is 0.154. The molecular weight excluding hydrogens is 402 g/mol. The molecule has 0 fully saturated rings. The van der Waals surface area contributed by atoms with Gasteiger partial charge in [0.05, 0.1) is 16.9 Å². The van der Waals surface area contributed by atoms with Gasteiger partial charge in [0, 0.05) is 47.2 Å². The lowest BCUT2D eigenvalue weighted by molar-refractivity contribution is 0.0993. The Balaban J connectivity index is 1.33. The highest BCUT2D eigenvalue weighted by Gasteiger charge is 2.41. The molecule has 0 radical (unpaired) electrons. The van der Waals surface area contributed by atoms with Gasteiger partial charge in [0.15, 0.2) is 0 Å². The van der Waals surface area contributed by atoms with E-state index in [2.05, 4.69) is 17.1 Å². The van der Waals surface area contributed by atoms with E-state index in [0.29, 0.717) is 11.3 Å². The minimum Gasteiger partial charge on any atom is -0.494 e. The second-order valence-corrected chi connectivity index (χ2v) is 8.41. The van der Waals surface area contributed by atoms with Gasteiger partial charge in [-0.25, -0.2) is 0 Å². The number of pyridine rings is 1. The lowest BCUT2D eigenvalue weighted by Crippen LogP contribution is -2.26. The molecule has 2 atom stereocenters. The van der Waals surface area contributed by atoms with Crippen molar-refractivity contribution in [2.45, 2.75) is 18.3 Å². The minimum absolute atomic E-state index is 0.0763. The number of amides is 1. The Bertz CT molecular complexity index is 1380. The van der Waals surface area contributed by atoms with Gasteiger partial charge in [0.25, 0.3) is 5.91 Å². The number of anilines is 1. The number of fused-ring (bicyclic) bond motifs is 6. The lowest BCUT2D eigenvalue weighted by atomic mass is 10.0. The Morgan fingerprint density at radius 3 is 2.31 bits per heavy atom. The summed E-state index contributed by atoms with van der Waals surface area (Å²) in [5, 5.41) is 22.6. The first-order valence-corrected chi connectivity index (χ1v) is 10.6. The van der Waals surface area contributed by atoms with E-state index in [-0.39, 0.29) is 29.5 Å². The van der Waals surface area contributed by atoms with Crippen LogP contribution >= 0.6 is 0 Å². The van der Waals surface area contributed by atoms with Crippen LogP contribution in [-0.2, 0) is 0 Å². The standard InChI is InChI=1S/C26H21N3O3/c1-28(20-6-2-4-15-5-3-13-27-23(15)20)24(30)16-9-11-19(12-10-16)29-25(31)21-17-7-8-18(14-17)22(21)26(29)32/h2-13,17-18,31-32H,14H2,1H3/t17-,18+. The van der Waals surface area contributed by atoms with Crippen molar-refractivity contribution in [3.05, 3.63) is 89.6 Å². The van der Waals surface area contributed by atoms with E-state index in [0.717, 1.165) is 34.1 Å². The predicted molar refractivity (Wildman–Crippen MR) is 123 cm³/mol. The van der Waals surface area contributed by atoms with Gasteiger partial charge in [0.2, 0.25) is 11.8 Å². The van der Waals surface area contributed by atoms with Crippen LogP contribution < -0.4 is 4.90 Å². The molecule has 2 aromatic heterocycles. The zero-order valence-corrected chi connectivity index (χ0v) is 17.4. The highest BCUT2D eigenvalue weighted by Crippen LogP contribution is 2.57. The second-order valence-electron chi connectivity index (χ2n) is 8.41. The van der Waals surface area contributed by atoms with E-state index >= 15 is 0 Å². The monoisotopic (exact) mass is 423 g/mol. The molecule has 2 N–H and O–H groups in total. The molecule has 2 heterocycles. The highest BCUT2D eigenvalue weighted by atomic mass is 16.3. The number of carbonyl (C=O) groups excluding carboxylic acids is 1. The normalized spacial score (nSPS) is 18.3. The lowest BCUT2D eigenvalue weighted by Gasteiger charge is -2.19. The summed E-state index contributed by atoms with van der Waals surface area (Å²) in [4.78, 5) is 19.2. The van der Waals surface area contributed by atoms with Crippen LogP contribution in [-0.4, -0.2) is 32.7 Å². The van der Waals surface area contributed by atoms with E-state index in [4.69, 9.17) is 0 Å². The summed E-state index contributed by atoms with van der Waals surface area (Å²) in [5.41, 5.74) is 4.25. The summed E-state index contributed by atoms with van der Waals surface area (Å²) in [5.74, 6) is 0.303. The number of allylic oxidation sites excluding steroid dienone is 2. The topological polar surface area (TPSA) is 78.6 Å². The first kappa shape index (κ1) is 18.7. The van der Waals surface area contributed by atoms with Crippen molar-refractivity contribution in [3.8, 4) is 17.4 Å². The summed E-state index contributed by atoms with van der Waals surface area (Å²) in [6, 6.07) is 16.5. The van der Waals surface area contributed by atoms with Crippen LogP contribution in [0.5, 0.6) is 11.8 Å². The van der Waals surface area contributed by atoms with Crippen LogP contribution in [0.2, 0.25) is 0 Å². The smallest absolute Gasteiger partial charge is 0.258 e. The maximum absolute atomic E-state index is 13.2. The number of rotatable bonds is 3. The van der Waals surface area contributed by atoms with Crippen LogP contribution in [0.3, 0.4) is 0 Å². The van der Waals surface area contributed by atoms with Crippen LogP contribution in [0, 0.1) is 0 Å². The van der Waals surface area contributed by atoms with E-state index in [1.54, 1.807) is 42.4 Å². The van der Waals surface area contributed by atoms with Crippen LogP contribution in [0.1, 0.15) is 39.7 Å². The highest BCUT2D eigenvalue weighted by molar-refractivity contribution is 6.09. The zero-order chi connectivity index (χ0) is 22.0.